The summed E-state index contributed by atoms with van der Waals surface area (Å²) < 4.78 is 0. The van der Waals surface area contributed by atoms with Gasteiger partial charge in [-0.3, -0.25) is 4.98 Å². The fourth-order valence-corrected chi connectivity index (χ4v) is 3.02. The van der Waals surface area contributed by atoms with Crippen LogP contribution in [-0.2, 0) is 0 Å². The first kappa shape index (κ1) is 13.5. The first-order valence-electron chi connectivity index (χ1n) is 7.46. The summed E-state index contributed by atoms with van der Waals surface area (Å²) in [6.07, 6.45) is 10.1. The summed E-state index contributed by atoms with van der Waals surface area (Å²) in [5, 5.41) is 3.76. The SMILES string of the molecule is CCC1CCCC(NC(C)c2ccccn2)CC1. The third-order valence-corrected chi connectivity index (χ3v) is 4.28. The molecule has 0 amide bonds. The molecule has 1 aromatic heterocycles. The van der Waals surface area contributed by atoms with Crippen LogP contribution in [0.5, 0.6) is 0 Å². The third kappa shape index (κ3) is 3.81. The van der Waals surface area contributed by atoms with E-state index in [-0.39, 0.29) is 0 Å². The second-order valence-electron chi connectivity index (χ2n) is 5.62. The summed E-state index contributed by atoms with van der Waals surface area (Å²) >= 11 is 0. The van der Waals surface area contributed by atoms with E-state index in [1.807, 2.05) is 12.3 Å². The van der Waals surface area contributed by atoms with Crippen LogP contribution in [0.1, 0.15) is 64.1 Å². The summed E-state index contributed by atoms with van der Waals surface area (Å²) in [5.74, 6) is 0.960. The van der Waals surface area contributed by atoms with Gasteiger partial charge in [-0.2, -0.15) is 0 Å². The van der Waals surface area contributed by atoms with Gasteiger partial charge in [0.25, 0.3) is 0 Å². The summed E-state index contributed by atoms with van der Waals surface area (Å²) in [6, 6.07) is 7.21. The highest BCUT2D eigenvalue weighted by Gasteiger charge is 2.19. The average molecular weight is 246 g/mol. The molecule has 1 heterocycles. The number of rotatable bonds is 4. The molecule has 0 radical (unpaired) electrons. The molecule has 3 unspecified atom stereocenters. The van der Waals surface area contributed by atoms with E-state index in [1.165, 1.54) is 38.5 Å². The predicted molar refractivity (Wildman–Crippen MR) is 76.4 cm³/mol. The van der Waals surface area contributed by atoms with E-state index in [9.17, 15) is 0 Å². The van der Waals surface area contributed by atoms with Crippen LogP contribution in [0, 0.1) is 5.92 Å². The van der Waals surface area contributed by atoms with Crippen LogP contribution in [0.2, 0.25) is 0 Å². The first-order valence-corrected chi connectivity index (χ1v) is 7.46. The molecule has 0 bridgehead atoms. The molecule has 18 heavy (non-hydrogen) atoms. The molecule has 1 aliphatic carbocycles. The molecule has 1 aromatic rings. The van der Waals surface area contributed by atoms with Crippen molar-refractivity contribution in [3.05, 3.63) is 30.1 Å². The van der Waals surface area contributed by atoms with Gasteiger partial charge in [0.1, 0.15) is 0 Å². The van der Waals surface area contributed by atoms with Crippen LogP contribution < -0.4 is 5.32 Å². The van der Waals surface area contributed by atoms with Crippen LogP contribution in [0.25, 0.3) is 0 Å². The van der Waals surface area contributed by atoms with E-state index in [4.69, 9.17) is 0 Å². The van der Waals surface area contributed by atoms with Gasteiger partial charge in [0.15, 0.2) is 0 Å². The van der Waals surface area contributed by atoms with Gasteiger partial charge in [0, 0.05) is 18.3 Å². The Morgan fingerprint density at radius 3 is 2.89 bits per heavy atom. The lowest BCUT2D eigenvalue weighted by Gasteiger charge is -2.21. The lowest BCUT2D eigenvalue weighted by Crippen LogP contribution is -2.31. The van der Waals surface area contributed by atoms with Crippen molar-refractivity contribution < 1.29 is 0 Å². The van der Waals surface area contributed by atoms with E-state index in [0.29, 0.717) is 12.1 Å². The second-order valence-corrected chi connectivity index (χ2v) is 5.62. The monoisotopic (exact) mass is 246 g/mol. The van der Waals surface area contributed by atoms with Crippen molar-refractivity contribution in [1.29, 1.82) is 0 Å². The van der Waals surface area contributed by atoms with Crippen LogP contribution in [0.15, 0.2) is 24.4 Å². The minimum atomic E-state index is 0.370. The molecule has 2 heteroatoms. The van der Waals surface area contributed by atoms with Gasteiger partial charge in [-0.25, -0.2) is 0 Å². The topological polar surface area (TPSA) is 24.9 Å². The molecule has 2 rings (SSSR count). The maximum Gasteiger partial charge on any atom is 0.0570 e. The number of nitrogens with zero attached hydrogens (tertiary/aromatic N) is 1. The van der Waals surface area contributed by atoms with Gasteiger partial charge in [-0.1, -0.05) is 32.3 Å². The van der Waals surface area contributed by atoms with Gasteiger partial charge >= 0.3 is 0 Å². The maximum atomic E-state index is 4.44. The second kappa shape index (κ2) is 6.89. The van der Waals surface area contributed by atoms with Crippen molar-refractivity contribution in [3.8, 4) is 0 Å². The molecule has 0 aliphatic heterocycles. The van der Waals surface area contributed by atoms with Gasteiger partial charge in [-0.15, -0.1) is 0 Å². The summed E-state index contributed by atoms with van der Waals surface area (Å²) in [5.41, 5.74) is 1.16. The number of hydrogen-bond donors (Lipinski definition) is 1. The van der Waals surface area contributed by atoms with Crippen LogP contribution in [0.3, 0.4) is 0 Å². The molecule has 1 saturated carbocycles. The smallest absolute Gasteiger partial charge is 0.0570 e. The Hall–Kier alpha value is -0.890. The minimum Gasteiger partial charge on any atom is -0.306 e. The molecule has 1 fully saturated rings. The minimum absolute atomic E-state index is 0.370. The fourth-order valence-electron chi connectivity index (χ4n) is 3.02. The van der Waals surface area contributed by atoms with Crippen LogP contribution in [-0.4, -0.2) is 11.0 Å². The lowest BCUT2D eigenvalue weighted by atomic mass is 9.97. The highest BCUT2D eigenvalue weighted by molar-refractivity contribution is 5.07. The third-order valence-electron chi connectivity index (χ3n) is 4.28. The highest BCUT2D eigenvalue weighted by Crippen LogP contribution is 2.26. The van der Waals surface area contributed by atoms with Crippen molar-refractivity contribution >= 4 is 0 Å². The van der Waals surface area contributed by atoms with Crippen LogP contribution >= 0.6 is 0 Å². The van der Waals surface area contributed by atoms with E-state index in [2.05, 4.69) is 36.3 Å². The normalized spacial score (nSPS) is 26.6. The zero-order valence-electron chi connectivity index (χ0n) is 11.7. The molecule has 3 atom stereocenters. The maximum absolute atomic E-state index is 4.44. The van der Waals surface area contributed by atoms with E-state index in [0.717, 1.165) is 11.6 Å². The molecular formula is C16H26N2. The Bertz CT molecular complexity index is 336. The number of pyridine rings is 1. The van der Waals surface area contributed by atoms with Gasteiger partial charge < -0.3 is 5.32 Å². The zero-order valence-corrected chi connectivity index (χ0v) is 11.7. The molecule has 100 valence electrons. The van der Waals surface area contributed by atoms with Gasteiger partial charge in [0.2, 0.25) is 0 Å². The Labute approximate surface area is 111 Å². The summed E-state index contributed by atoms with van der Waals surface area (Å²) in [6.45, 7) is 4.56. The van der Waals surface area contributed by atoms with Crippen molar-refractivity contribution in [2.45, 2.75) is 64.5 Å². The molecule has 0 spiro atoms. The molecule has 1 aliphatic rings. The summed E-state index contributed by atoms with van der Waals surface area (Å²) in [4.78, 5) is 4.44. The van der Waals surface area contributed by atoms with Gasteiger partial charge in [-0.05, 0) is 44.2 Å². The van der Waals surface area contributed by atoms with Crippen LogP contribution in [0.4, 0.5) is 0 Å². The van der Waals surface area contributed by atoms with Crippen molar-refractivity contribution in [3.63, 3.8) is 0 Å². The molecule has 1 N–H and O–H groups in total. The first-order chi connectivity index (χ1) is 8.79. The Balaban J connectivity index is 1.86. The largest absolute Gasteiger partial charge is 0.306 e. The predicted octanol–water partition coefficient (Wildman–Crippen LogP) is 4.09. The van der Waals surface area contributed by atoms with Crippen molar-refractivity contribution in [2.24, 2.45) is 5.92 Å². The lowest BCUT2D eigenvalue weighted by molar-refractivity contribution is 0.396. The Morgan fingerprint density at radius 2 is 2.17 bits per heavy atom. The number of hydrogen-bond acceptors (Lipinski definition) is 2. The zero-order chi connectivity index (χ0) is 12.8. The number of nitrogens with one attached hydrogen (secondary N) is 1. The fraction of sp³-hybridized carbons (Fsp3) is 0.688. The van der Waals surface area contributed by atoms with E-state index < -0.39 is 0 Å². The average Bonchev–Trinajstić information content (AvgIpc) is 2.65. The Kier molecular flexibility index (Phi) is 5.18. The van der Waals surface area contributed by atoms with E-state index in [1.54, 1.807) is 0 Å². The van der Waals surface area contributed by atoms with Crippen molar-refractivity contribution in [2.75, 3.05) is 0 Å². The number of aromatic nitrogens is 1. The quantitative estimate of drug-likeness (QED) is 0.809. The standard InChI is InChI=1S/C16H26N2/c1-3-14-7-6-8-15(11-10-14)18-13(2)16-9-4-5-12-17-16/h4-5,9,12-15,18H,3,6-8,10-11H2,1-2H3. The molecule has 0 aromatic carbocycles. The molecule has 2 nitrogen and oxygen atoms in total. The van der Waals surface area contributed by atoms with Crippen molar-refractivity contribution in [1.82, 2.24) is 10.3 Å². The highest BCUT2D eigenvalue weighted by atomic mass is 15.0. The van der Waals surface area contributed by atoms with E-state index >= 15 is 0 Å². The molecule has 0 saturated heterocycles. The Morgan fingerprint density at radius 1 is 1.28 bits per heavy atom. The van der Waals surface area contributed by atoms with Gasteiger partial charge in [0.05, 0.1) is 5.69 Å². The summed E-state index contributed by atoms with van der Waals surface area (Å²) in [7, 11) is 0. The molecular weight excluding hydrogens is 220 g/mol.